The molecule has 0 aliphatic rings. The van der Waals surface area contributed by atoms with Gasteiger partial charge < -0.3 is 0 Å². The van der Waals surface area contributed by atoms with E-state index in [0.717, 1.165) is 0 Å². The first-order valence-corrected chi connectivity index (χ1v) is 8.10. The summed E-state index contributed by atoms with van der Waals surface area (Å²) in [4.78, 5) is 0. The molecular weight excluding hydrogens is 325 g/mol. The monoisotopic (exact) mass is 324 g/mol. The molecule has 0 saturated heterocycles. The Morgan fingerprint density at radius 1 is 1.00 bits per heavy atom. The summed E-state index contributed by atoms with van der Waals surface area (Å²) in [6.45, 7) is -1.46. The van der Waals surface area contributed by atoms with Crippen molar-refractivity contribution in [3.63, 3.8) is 0 Å². The summed E-state index contributed by atoms with van der Waals surface area (Å²) in [5.41, 5.74) is 0. The summed E-state index contributed by atoms with van der Waals surface area (Å²) in [5, 5.41) is 0. The van der Waals surface area contributed by atoms with Crippen LogP contribution in [-0.2, 0) is 0 Å². The Kier molecular flexibility index (Phi) is 11.2. The molecule has 0 spiro atoms. The maximum absolute atomic E-state index is 5.06. The minimum absolute atomic E-state index is 1.08. The van der Waals surface area contributed by atoms with Crippen LogP contribution >= 0.6 is 68.0 Å². The van der Waals surface area contributed by atoms with Crippen LogP contribution < -0.4 is 0 Å². The first-order valence-electron chi connectivity index (χ1n) is 1.38. The Morgan fingerprint density at radius 2 is 1.00 bits per heavy atom. The predicted molar refractivity (Wildman–Crippen MR) is 49.4 cm³/mol. The summed E-state index contributed by atoms with van der Waals surface area (Å²) >= 11 is 31.4. The largest absolute Gasteiger partial charge is 0.376 e. The Morgan fingerprint density at radius 3 is 1.00 bits per heavy atom. The molecule has 0 fully saturated rings. The Labute approximate surface area is 93.0 Å². The van der Waals surface area contributed by atoms with Crippen LogP contribution in [0.2, 0.25) is 0 Å². The molecule has 4 radical (unpaired) electrons. The molecule has 0 amide bonds. The third-order valence-corrected chi connectivity index (χ3v) is 0. The van der Waals surface area contributed by atoms with Crippen molar-refractivity contribution in [2.45, 2.75) is 2.63 Å². The normalized spacial score (nSPS) is 10.7. The predicted octanol–water partition coefficient (Wildman–Crippen LogP) is 3.17. The van der Waals surface area contributed by atoms with Gasteiger partial charge in [0, 0.05) is 0 Å². The van der Waals surface area contributed by atoms with Gasteiger partial charge in [-0.3, -0.25) is 0 Å². The molecule has 0 aliphatic carbocycles. The van der Waals surface area contributed by atoms with Gasteiger partial charge in [-0.25, -0.2) is 0 Å². The Balaban J connectivity index is 0. The maximum atomic E-state index is 5.06. The summed E-state index contributed by atoms with van der Waals surface area (Å²) in [6, 6.07) is 0. The van der Waals surface area contributed by atoms with E-state index in [4.69, 9.17) is 68.0 Å². The maximum Gasteiger partial charge on any atom is 0.376 e. The zero-order valence-electron chi connectivity index (χ0n) is 3.77. The molecule has 54 valence electrons. The van der Waals surface area contributed by atoms with Crippen LogP contribution in [0.4, 0.5) is 0 Å². The van der Waals surface area contributed by atoms with Crippen molar-refractivity contribution in [2.75, 3.05) is 0 Å². The third-order valence-electron chi connectivity index (χ3n) is 0. The standard InChI is InChI=1S/CCl3Ge.Cl3Si/c2-1(3,4)5;1-4(2)3. The Bertz CT molecular complexity index is 49.8. The molecule has 9 heavy (non-hydrogen) atoms. The van der Waals surface area contributed by atoms with E-state index in [2.05, 4.69) is 0 Å². The van der Waals surface area contributed by atoms with Crippen LogP contribution in [0.1, 0.15) is 0 Å². The molecule has 8 heteroatoms. The minimum atomic E-state index is -1.46. The number of hydrogen-bond acceptors (Lipinski definition) is 0. The average molecular weight is 325 g/mol. The molecule has 0 unspecified atom stereocenters. The van der Waals surface area contributed by atoms with Crippen molar-refractivity contribution >= 4 is 91.3 Å². The van der Waals surface area contributed by atoms with Crippen LogP contribution in [0.15, 0.2) is 0 Å². The van der Waals surface area contributed by atoms with E-state index in [-0.39, 0.29) is 0 Å². The number of hydrogen-bond donors (Lipinski definition) is 0. The van der Waals surface area contributed by atoms with Crippen LogP contribution in [-0.4, -0.2) is 25.9 Å². The van der Waals surface area contributed by atoms with Crippen molar-refractivity contribution in [3.8, 4) is 0 Å². The van der Waals surface area contributed by atoms with Gasteiger partial charge in [-0.15, -0.1) is 33.2 Å². The topological polar surface area (TPSA) is 0 Å². The van der Waals surface area contributed by atoms with Gasteiger partial charge in [0.25, 0.3) is 0 Å². The van der Waals surface area contributed by atoms with E-state index < -0.39 is 9.35 Å². The zero-order valence-corrected chi connectivity index (χ0v) is 11.4. The van der Waals surface area contributed by atoms with E-state index in [1.807, 2.05) is 0 Å². The number of halogens is 6. The Hall–Kier alpha value is 2.50. The van der Waals surface area contributed by atoms with Gasteiger partial charge in [0.2, 0.25) is 0 Å². The molecule has 0 aromatic rings. The molecular formula is CCl6GeSi. The molecule has 0 bridgehead atoms. The fourth-order valence-corrected chi connectivity index (χ4v) is 0. The van der Waals surface area contributed by atoms with Crippen molar-refractivity contribution in [2.24, 2.45) is 0 Å². The van der Waals surface area contributed by atoms with E-state index in [1.54, 1.807) is 0 Å². The second-order valence-corrected chi connectivity index (χ2v) is 12.1. The summed E-state index contributed by atoms with van der Waals surface area (Å²) in [7, 11) is 0. The second kappa shape index (κ2) is 7.17. The SMILES string of the molecule is Cl[C](Cl)(Cl)[Ge].Cl[Si](Cl)Cl. The van der Waals surface area contributed by atoms with Crippen molar-refractivity contribution < 1.29 is 0 Å². The molecule has 0 aromatic carbocycles. The van der Waals surface area contributed by atoms with Crippen LogP contribution in [0.5, 0.6) is 0 Å². The molecule has 0 rings (SSSR count). The molecule has 0 aromatic heterocycles. The summed E-state index contributed by atoms with van der Waals surface area (Å²) in [6.07, 6.45) is 0. The molecule has 0 atom stereocenters. The first kappa shape index (κ1) is 14.0. The number of alkyl halides is 3. The van der Waals surface area contributed by atoms with E-state index in [1.165, 1.54) is 16.5 Å². The quantitative estimate of drug-likeness (QED) is 0.365. The molecule has 0 N–H and O–H groups in total. The molecule has 0 heterocycles. The number of rotatable bonds is 0. The van der Waals surface area contributed by atoms with Gasteiger partial charge >= 0.3 is 60.7 Å². The van der Waals surface area contributed by atoms with Crippen molar-refractivity contribution in [1.82, 2.24) is 0 Å². The van der Waals surface area contributed by atoms with Gasteiger partial charge in [-0.1, -0.05) is 0 Å². The van der Waals surface area contributed by atoms with Gasteiger partial charge in [-0.05, 0) is 0 Å². The average Bonchev–Trinajstić information content (AvgIpc) is 1.19. The zero-order chi connectivity index (χ0) is 8.08. The molecule has 0 aliphatic heterocycles. The van der Waals surface area contributed by atoms with Gasteiger partial charge in [0.05, 0.1) is 0 Å². The molecule has 0 nitrogen and oxygen atoms in total. The van der Waals surface area contributed by atoms with Gasteiger partial charge in [0.1, 0.15) is 0 Å². The molecule has 0 saturated carbocycles. The van der Waals surface area contributed by atoms with Crippen LogP contribution in [0.3, 0.4) is 0 Å². The van der Waals surface area contributed by atoms with E-state index >= 15 is 0 Å². The minimum Gasteiger partial charge on any atom is -0.125 e. The summed E-state index contributed by atoms with van der Waals surface area (Å²) < 4.78 is -1.08. The van der Waals surface area contributed by atoms with Crippen LogP contribution in [0, 0.1) is 0 Å². The van der Waals surface area contributed by atoms with Gasteiger partial charge in [0.15, 0.2) is 0 Å². The van der Waals surface area contributed by atoms with Gasteiger partial charge in [-0.2, -0.15) is 0 Å². The van der Waals surface area contributed by atoms with E-state index in [9.17, 15) is 0 Å². The second-order valence-electron chi connectivity index (χ2n) is 0.712. The fraction of sp³-hybridized carbons (Fsp3) is 1.00. The van der Waals surface area contributed by atoms with Crippen molar-refractivity contribution in [3.05, 3.63) is 0 Å². The third kappa shape index (κ3) is 121. The van der Waals surface area contributed by atoms with E-state index in [0.29, 0.717) is 0 Å². The summed E-state index contributed by atoms with van der Waals surface area (Å²) in [5.74, 6) is 0. The van der Waals surface area contributed by atoms with Crippen LogP contribution in [0.25, 0.3) is 0 Å². The first-order chi connectivity index (χ1) is 3.73. The smallest absolute Gasteiger partial charge is 0.125 e. The fourth-order valence-electron chi connectivity index (χ4n) is 0. The van der Waals surface area contributed by atoms with Crippen molar-refractivity contribution in [1.29, 1.82) is 0 Å².